The first-order valence-electron chi connectivity index (χ1n) is 4.35. The van der Waals surface area contributed by atoms with Crippen molar-refractivity contribution in [3.63, 3.8) is 0 Å². The van der Waals surface area contributed by atoms with Gasteiger partial charge in [0.25, 0.3) is 0 Å². The van der Waals surface area contributed by atoms with Crippen molar-refractivity contribution in [2.45, 2.75) is 36.4 Å². The average molecular weight is 217 g/mol. The predicted molar refractivity (Wildman–Crippen MR) is 58.4 cm³/mol. The fraction of sp³-hybridized carbons (Fsp3) is 0.750. The maximum Gasteiger partial charge on any atom is 0.170 e. The van der Waals surface area contributed by atoms with Gasteiger partial charge < -0.3 is 5.32 Å². The van der Waals surface area contributed by atoms with E-state index < -0.39 is 0 Å². The molecule has 13 heavy (non-hydrogen) atoms. The zero-order chi connectivity index (χ0) is 9.68. The quantitative estimate of drug-likeness (QED) is 0.766. The Morgan fingerprint density at radius 3 is 2.85 bits per heavy atom. The van der Waals surface area contributed by atoms with Crippen molar-refractivity contribution in [3.05, 3.63) is 6.33 Å². The first kappa shape index (κ1) is 10.9. The van der Waals surface area contributed by atoms with Crippen LogP contribution in [0.1, 0.15) is 20.8 Å². The van der Waals surface area contributed by atoms with Gasteiger partial charge in [0.1, 0.15) is 6.33 Å². The summed E-state index contributed by atoms with van der Waals surface area (Å²) in [5.74, 6) is 0. The molecule has 0 aliphatic rings. The highest BCUT2D eigenvalue weighted by Gasteiger charge is 2.06. The summed E-state index contributed by atoms with van der Waals surface area (Å²) in [5.41, 5.74) is 0. The third-order valence-electron chi connectivity index (χ3n) is 1.46. The number of nitrogens with one attached hydrogen (secondary N) is 1. The molecule has 0 spiro atoms. The summed E-state index contributed by atoms with van der Waals surface area (Å²) in [6.45, 7) is 7.52. The molecule has 0 aliphatic heterocycles. The highest BCUT2D eigenvalue weighted by atomic mass is 32.2. The third-order valence-corrected chi connectivity index (χ3v) is 3.31. The van der Waals surface area contributed by atoms with Gasteiger partial charge in [0, 0.05) is 17.8 Å². The van der Waals surface area contributed by atoms with Crippen LogP contribution >= 0.6 is 23.3 Å². The SMILES string of the molecule is CC(C)NCC(C)Sc1ncns1. The minimum Gasteiger partial charge on any atom is -0.313 e. The Bertz CT molecular complexity index is 223. The standard InChI is InChI=1S/C8H15N3S2/c1-6(2)9-4-7(3)12-8-10-5-11-13-8/h5-7,9H,4H2,1-3H3. The molecular formula is C8H15N3S2. The summed E-state index contributed by atoms with van der Waals surface area (Å²) in [6.07, 6.45) is 1.61. The molecule has 0 fully saturated rings. The Balaban J connectivity index is 2.22. The smallest absolute Gasteiger partial charge is 0.170 e. The number of nitrogens with zero attached hydrogens (tertiary/aromatic N) is 2. The zero-order valence-corrected chi connectivity index (χ0v) is 9.78. The Hall–Kier alpha value is -0.130. The summed E-state index contributed by atoms with van der Waals surface area (Å²) in [7, 11) is 0. The summed E-state index contributed by atoms with van der Waals surface area (Å²) in [4.78, 5) is 4.13. The van der Waals surface area contributed by atoms with Gasteiger partial charge in [-0.15, -0.1) is 0 Å². The van der Waals surface area contributed by atoms with Crippen molar-refractivity contribution < 1.29 is 0 Å². The lowest BCUT2D eigenvalue weighted by atomic mass is 10.3. The van der Waals surface area contributed by atoms with Crippen LogP contribution in [0.2, 0.25) is 0 Å². The summed E-state index contributed by atoms with van der Waals surface area (Å²) >= 11 is 3.23. The molecule has 1 heterocycles. The molecule has 5 heteroatoms. The monoisotopic (exact) mass is 217 g/mol. The lowest BCUT2D eigenvalue weighted by molar-refractivity contribution is 0.589. The summed E-state index contributed by atoms with van der Waals surface area (Å²) in [5, 5.41) is 3.94. The molecule has 0 amide bonds. The van der Waals surface area contributed by atoms with Gasteiger partial charge in [0.05, 0.1) is 0 Å². The van der Waals surface area contributed by atoms with Crippen molar-refractivity contribution in [3.8, 4) is 0 Å². The van der Waals surface area contributed by atoms with Gasteiger partial charge in [-0.2, -0.15) is 4.37 Å². The molecule has 74 valence electrons. The van der Waals surface area contributed by atoms with Gasteiger partial charge in [-0.05, 0) is 11.5 Å². The normalized spacial score (nSPS) is 13.5. The molecule has 0 aliphatic carbocycles. The molecule has 0 saturated carbocycles. The minimum absolute atomic E-state index is 0.551. The number of hydrogen-bond donors (Lipinski definition) is 1. The van der Waals surface area contributed by atoms with Gasteiger partial charge in [-0.3, -0.25) is 0 Å². The summed E-state index contributed by atoms with van der Waals surface area (Å²) in [6, 6.07) is 0.553. The molecule has 3 nitrogen and oxygen atoms in total. The van der Waals surface area contributed by atoms with Gasteiger partial charge in [-0.25, -0.2) is 4.98 Å². The van der Waals surface area contributed by atoms with Crippen LogP contribution in [0.4, 0.5) is 0 Å². The Morgan fingerprint density at radius 1 is 1.54 bits per heavy atom. The first-order chi connectivity index (χ1) is 6.18. The van der Waals surface area contributed by atoms with E-state index in [1.165, 1.54) is 11.5 Å². The van der Waals surface area contributed by atoms with E-state index in [2.05, 4.69) is 35.4 Å². The van der Waals surface area contributed by atoms with E-state index in [1.807, 2.05) is 0 Å². The minimum atomic E-state index is 0.551. The van der Waals surface area contributed by atoms with Crippen molar-refractivity contribution in [1.29, 1.82) is 0 Å². The summed E-state index contributed by atoms with van der Waals surface area (Å²) < 4.78 is 5.01. The van der Waals surface area contributed by atoms with Crippen LogP contribution in [0.15, 0.2) is 10.7 Å². The predicted octanol–water partition coefficient (Wildman–Crippen LogP) is 2.02. The Morgan fingerprint density at radius 2 is 2.31 bits per heavy atom. The number of rotatable bonds is 5. The van der Waals surface area contributed by atoms with Crippen LogP contribution in [0, 0.1) is 0 Å². The van der Waals surface area contributed by atoms with Crippen LogP contribution in [0.5, 0.6) is 0 Å². The lowest BCUT2D eigenvalue weighted by Gasteiger charge is -2.12. The van der Waals surface area contributed by atoms with E-state index in [0.717, 1.165) is 10.9 Å². The van der Waals surface area contributed by atoms with Gasteiger partial charge in [-0.1, -0.05) is 32.5 Å². The van der Waals surface area contributed by atoms with Gasteiger partial charge in [0.15, 0.2) is 4.34 Å². The third kappa shape index (κ3) is 4.59. The maximum absolute atomic E-state index is 4.13. The van der Waals surface area contributed by atoms with E-state index in [9.17, 15) is 0 Å². The van der Waals surface area contributed by atoms with Crippen molar-refractivity contribution >= 4 is 23.3 Å². The second-order valence-electron chi connectivity index (χ2n) is 3.20. The van der Waals surface area contributed by atoms with Crippen molar-refractivity contribution in [2.24, 2.45) is 0 Å². The molecular weight excluding hydrogens is 202 g/mol. The van der Waals surface area contributed by atoms with E-state index >= 15 is 0 Å². The van der Waals surface area contributed by atoms with E-state index in [-0.39, 0.29) is 0 Å². The van der Waals surface area contributed by atoms with Gasteiger partial charge in [0.2, 0.25) is 0 Å². The molecule has 0 radical (unpaired) electrons. The highest BCUT2D eigenvalue weighted by Crippen LogP contribution is 2.22. The molecule has 1 unspecified atom stereocenters. The number of thioether (sulfide) groups is 1. The average Bonchev–Trinajstić information content (AvgIpc) is 2.53. The number of aromatic nitrogens is 2. The van der Waals surface area contributed by atoms with Gasteiger partial charge >= 0.3 is 0 Å². The highest BCUT2D eigenvalue weighted by molar-refractivity contribution is 8.01. The largest absolute Gasteiger partial charge is 0.313 e. The second kappa shape index (κ2) is 5.57. The fourth-order valence-electron chi connectivity index (χ4n) is 0.830. The van der Waals surface area contributed by atoms with Crippen molar-refractivity contribution in [1.82, 2.24) is 14.7 Å². The van der Waals surface area contributed by atoms with Crippen molar-refractivity contribution in [2.75, 3.05) is 6.54 Å². The molecule has 0 saturated heterocycles. The van der Waals surface area contributed by atoms with E-state index in [1.54, 1.807) is 18.1 Å². The molecule has 1 aromatic rings. The van der Waals surface area contributed by atoms with Crippen LogP contribution in [0.25, 0.3) is 0 Å². The molecule has 0 bridgehead atoms. The second-order valence-corrected chi connectivity index (χ2v) is 5.66. The zero-order valence-electron chi connectivity index (χ0n) is 8.15. The van der Waals surface area contributed by atoms with Crippen LogP contribution in [0.3, 0.4) is 0 Å². The molecule has 1 atom stereocenters. The lowest BCUT2D eigenvalue weighted by Crippen LogP contribution is -2.28. The van der Waals surface area contributed by atoms with E-state index in [0.29, 0.717) is 11.3 Å². The van der Waals surface area contributed by atoms with Crippen LogP contribution in [-0.4, -0.2) is 27.2 Å². The fourth-order valence-corrected chi connectivity index (χ4v) is 2.53. The Labute approximate surface area is 87.5 Å². The first-order valence-corrected chi connectivity index (χ1v) is 6.00. The maximum atomic E-state index is 4.13. The molecule has 0 aromatic carbocycles. The Kier molecular flexibility index (Phi) is 4.69. The van der Waals surface area contributed by atoms with E-state index in [4.69, 9.17) is 0 Å². The van der Waals surface area contributed by atoms with Crippen LogP contribution in [-0.2, 0) is 0 Å². The molecule has 1 rings (SSSR count). The number of hydrogen-bond acceptors (Lipinski definition) is 5. The topological polar surface area (TPSA) is 37.8 Å². The molecule has 1 N–H and O–H groups in total. The molecule has 1 aromatic heterocycles. The van der Waals surface area contributed by atoms with Crippen LogP contribution < -0.4 is 5.32 Å².